The summed E-state index contributed by atoms with van der Waals surface area (Å²) in [4.78, 5) is 2.55. The van der Waals surface area contributed by atoms with E-state index in [1.54, 1.807) is 0 Å². The molecule has 1 fully saturated rings. The van der Waals surface area contributed by atoms with E-state index in [0.717, 1.165) is 18.9 Å². The van der Waals surface area contributed by atoms with Crippen LogP contribution in [0.3, 0.4) is 0 Å². The third kappa shape index (κ3) is 3.78. The number of thioether (sulfide) groups is 1. The molecular formula is C9H20N2S. The summed E-state index contributed by atoms with van der Waals surface area (Å²) >= 11 is 2.09. The van der Waals surface area contributed by atoms with Crippen LogP contribution >= 0.6 is 11.8 Å². The fourth-order valence-corrected chi connectivity index (χ4v) is 2.64. The molecule has 0 radical (unpaired) electrons. The van der Waals surface area contributed by atoms with E-state index >= 15 is 0 Å². The van der Waals surface area contributed by atoms with Crippen LogP contribution in [0.4, 0.5) is 0 Å². The van der Waals surface area contributed by atoms with E-state index in [-0.39, 0.29) is 0 Å². The average molecular weight is 188 g/mol. The number of hydrogen-bond acceptors (Lipinski definition) is 3. The van der Waals surface area contributed by atoms with Crippen molar-refractivity contribution in [1.82, 2.24) is 4.90 Å². The third-order valence-electron chi connectivity index (χ3n) is 2.20. The van der Waals surface area contributed by atoms with Crippen LogP contribution in [-0.4, -0.2) is 42.6 Å². The van der Waals surface area contributed by atoms with E-state index < -0.39 is 0 Å². The molecule has 2 nitrogen and oxygen atoms in total. The largest absolute Gasteiger partial charge is 0.330 e. The van der Waals surface area contributed by atoms with E-state index in [2.05, 4.69) is 23.6 Å². The molecule has 0 aromatic carbocycles. The van der Waals surface area contributed by atoms with Gasteiger partial charge in [0.1, 0.15) is 0 Å². The van der Waals surface area contributed by atoms with Crippen LogP contribution in [0.25, 0.3) is 0 Å². The number of hydrogen-bond donors (Lipinski definition) is 1. The first-order chi connectivity index (χ1) is 5.83. The highest BCUT2D eigenvalue weighted by Crippen LogP contribution is 2.14. The first-order valence-corrected chi connectivity index (χ1v) is 5.98. The molecule has 0 aromatic rings. The van der Waals surface area contributed by atoms with Crippen molar-refractivity contribution in [1.29, 1.82) is 0 Å². The molecule has 72 valence electrons. The second-order valence-corrected chi connectivity index (χ2v) is 4.77. The fraction of sp³-hybridized carbons (Fsp3) is 1.00. The topological polar surface area (TPSA) is 29.3 Å². The zero-order valence-corrected chi connectivity index (χ0v) is 8.78. The summed E-state index contributed by atoms with van der Waals surface area (Å²) in [5.41, 5.74) is 5.49. The molecule has 3 heteroatoms. The number of nitrogens with zero attached hydrogens (tertiary/aromatic N) is 1. The van der Waals surface area contributed by atoms with Gasteiger partial charge in [0, 0.05) is 18.8 Å². The second-order valence-electron chi connectivity index (χ2n) is 3.62. The predicted octanol–water partition coefficient (Wildman–Crippen LogP) is 1.02. The summed E-state index contributed by atoms with van der Waals surface area (Å²) in [7, 11) is 0. The van der Waals surface area contributed by atoms with Crippen molar-refractivity contribution in [2.24, 2.45) is 11.7 Å². The summed E-state index contributed by atoms with van der Waals surface area (Å²) in [5, 5.41) is 0. The molecular weight excluding hydrogens is 168 g/mol. The monoisotopic (exact) mass is 188 g/mol. The molecule has 1 saturated heterocycles. The highest BCUT2D eigenvalue weighted by molar-refractivity contribution is 7.99. The Bertz CT molecular complexity index is 119. The van der Waals surface area contributed by atoms with Crippen LogP contribution in [0, 0.1) is 5.92 Å². The van der Waals surface area contributed by atoms with Crippen LogP contribution < -0.4 is 5.73 Å². The van der Waals surface area contributed by atoms with E-state index in [9.17, 15) is 0 Å². The Kier molecular flexibility index (Phi) is 5.04. The normalized spacial score (nSPS) is 27.0. The molecule has 0 saturated carbocycles. The highest BCUT2D eigenvalue weighted by Gasteiger charge is 2.13. The van der Waals surface area contributed by atoms with Gasteiger partial charge in [0.15, 0.2) is 0 Å². The van der Waals surface area contributed by atoms with Gasteiger partial charge in [-0.05, 0) is 31.2 Å². The molecule has 0 aliphatic carbocycles. The van der Waals surface area contributed by atoms with Crippen LogP contribution in [0.15, 0.2) is 0 Å². The van der Waals surface area contributed by atoms with E-state index in [1.807, 2.05) is 0 Å². The number of rotatable bonds is 3. The summed E-state index contributed by atoms with van der Waals surface area (Å²) < 4.78 is 0. The average Bonchev–Trinajstić information content (AvgIpc) is 2.26. The molecule has 1 heterocycles. The van der Waals surface area contributed by atoms with Gasteiger partial charge in [-0.1, -0.05) is 6.92 Å². The van der Waals surface area contributed by atoms with Gasteiger partial charge in [0.2, 0.25) is 0 Å². The Hall–Kier alpha value is 0.270. The molecule has 1 atom stereocenters. The highest BCUT2D eigenvalue weighted by atomic mass is 32.2. The Morgan fingerprint density at radius 1 is 1.58 bits per heavy atom. The standard InChI is InChI=1S/C9H20N2S/c1-9-7-11(4-2-3-10)5-6-12-8-9/h9H,2-8,10H2,1H3. The molecule has 1 rings (SSSR count). The molecule has 1 aliphatic rings. The summed E-state index contributed by atoms with van der Waals surface area (Å²) in [5.74, 6) is 3.49. The lowest BCUT2D eigenvalue weighted by molar-refractivity contribution is 0.263. The smallest absolute Gasteiger partial charge is 0.00725 e. The van der Waals surface area contributed by atoms with E-state index in [4.69, 9.17) is 5.73 Å². The van der Waals surface area contributed by atoms with Crippen LogP contribution in [-0.2, 0) is 0 Å². The Balaban J connectivity index is 2.21. The van der Waals surface area contributed by atoms with Crippen LogP contribution in [0.5, 0.6) is 0 Å². The lowest BCUT2D eigenvalue weighted by atomic mass is 10.2. The van der Waals surface area contributed by atoms with Crippen molar-refractivity contribution in [3.8, 4) is 0 Å². The van der Waals surface area contributed by atoms with E-state index in [0.29, 0.717) is 0 Å². The van der Waals surface area contributed by atoms with Crippen molar-refractivity contribution in [3.05, 3.63) is 0 Å². The molecule has 0 spiro atoms. The molecule has 2 N–H and O–H groups in total. The van der Waals surface area contributed by atoms with Crippen LogP contribution in [0.1, 0.15) is 13.3 Å². The van der Waals surface area contributed by atoms with Crippen molar-refractivity contribution < 1.29 is 0 Å². The maximum atomic E-state index is 5.49. The number of nitrogens with two attached hydrogens (primary N) is 1. The lowest BCUT2D eigenvalue weighted by Gasteiger charge is -2.21. The van der Waals surface area contributed by atoms with Gasteiger partial charge in [-0.2, -0.15) is 11.8 Å². The Morgan fingerprint density at radius 2 is 2.42 bits per heavy atom. The maximum absolute atomic E-state index is 5.49. The first-order valence-electron chi connectivity index (χ1n) is 4.83. The van der Waals surface area contributed by atoms with Gasteiger partial charge in [0.05, 0.1) is 0 Å². The SMILES string of the molecule is CC1CSCCN(CCCN)C1. The summed E-state index contributed by atoms with van der Waals surface area (Å²) in [6.45, 7) is 6.90. The van der Waals surface area contributed by atoms with Gasteiger partial charge in [0.25, 0.3) is 0 Å². The lowest BCUT2D eigenvalue weighted by Crippen LogP contribution is -2.31. The maximum Gasteiger partial charge on any atom is 0.00725 e. The third-order valence-corrected chi connectivity index (χ3v) is 3.48. The minimum absolute atomic E-state index is 0.831. The fourth-order valence-electron chi connectivity index (χ4n) is 1.58. The minimum Gasteiger partial charge on any atom is -0.330 e. The minimum atomic E-state index is 0.831. The molecule has 0 amide bonds. The zero-order valence-electron chi connectivity index (χ0n) is 7.96. The molecule has 1 unspecified atom stereocenters. The summed E-state index contributed by atoms with van der Waals surface area (Å²) in [6.07, 6.45) is 1.15. The van der Waals surface area contributed by atoms with Crippen molar-refractivity contribution in [2.75, 3.05) is 37.7 Å². The second kappa shape index (κ2) is 5.84. The Morgan fingerprint density at radius 3 is 3.17 bits per heavy atom. The predicted molar refractivity (Wildman–Crippen MR) is 56.6 cm³/mol. The van der Waals surface area contributed by atoms with Crippen molar-refractivity contribution >= 4 is 11.8 Å². The van der Waals surface area contributed by atoms with Crippen LogP contribution in [0.2, 0.25) is 0 Å². The van der Waals surface area contributed by atoms with Gasteiger partial charge in [-0.25, -0.2) is 0 Å². The van der Waals surface area contributed by atoms with Gasteiger partial charge in [-0.3, -0.25) is 0 Å². The van der Waals surface area contributed by atoms with Gasteiger partial charge >= 0.3 is 0 Å². The van der Waals surface area contributed by atoms with Crippen molar-refractivity contribution in [2.45, 2.75) is 13.3 Å². The Labute approximate surface area is 79.9 Å². The van der Waals surface area contributed by atoms with Gasteiger partial charge in [-0.15, -0.1) is 0 Å². The zero-order chi connectivity index (χ0) is 8.81. The molecule has 0 aromatic heterocycles. The molecule has 12 heavy (non-hydrogen) atoms. The van der Waals surface area contributed by atoms with E-state index in [1.165, 1.54) is 31.1 Å². The first kappa shape index (κ1) is 10.4. The van der Waals surface area contributed by atoms with Crippen molar-refractivity contribution in [3.63, 3.8) is 0 Å². The molecule has 1 aliphatic heterocycles. The quantitative estimate of drug-likeness (QED) is 0.717. The van der Waals surface area contributed by atoms with Gasteiger partial charge < -0.3 is 10.6 Å². The molecule has 0 bridgehead atoms. The summed E-state index contributed by atoms with van der Waals surface area (Å²) in [6, 6.07) is 0.